The largest absolute Gasteiger partial charge is 0.383 e. The number of hydrogen-bond donors (Lipinski definition) is 1. The number of hydrogen-bond acceptors (Lipinski definition) is 8. The van der Waals surface area contributed by atoms with Crippen LogP contribution in [0.2, 0.25) is 0 Å². The van der Waals surface area contributed by atoms with Gasteiger partial charge in [0, 0.05) is 55.8 Å². The van der Waals surface area contributed by atoms with E-state index in [1.165, 1.54) is 28.1 Å². The van der Waals surface area contributed by atoms with Gasteiger partial charge in [-0.05, 0) is 43.2 Å². The summed E-state index contributed by atoms with van der Waals surface area (Å²) in [7, 11) is 0. The lowest BCUT2D eigenvalue weighted by Gasteiger charge is -2.36. The second kappa shape index (κ2) is 13.0. The highest BCUT2D eigenvalue weighted by atomic mass is 32.2. The van der Waals surface area contributed by atoms with Gasteiger partial charge in [-0.3, -0.25) is 0 Å². The molecule has 1 atom stereocenters. The summed E-state index contributed by atoms with van der Waals surface area (Å²) in [5.41, 5.74) is 0.202. The van der Waals surface area contributed by atoms with E-state index in [1.54, 1.807) is 22.8 Å². The number of nitrogens with zero attached hydrogens (tertiary/aromatic N) is 8. The molecule has 0 spiro atoms. The van der Waals surface area contributed by atoms with Crippen LogP contribution in [-0.4, -0.2) is 70.5 Å². The third-order valence-electron chi connectivity index (χ3n) is 7.30. The minimum absolute atomic E-state index is 0.00549. The first-order valence-electron chi connectivity index (χ1n) is 13.7. The van der Waals surface area contributed by atoms with Gasteiger partial charge in [0.15, 0.2) is 0 Å². The predicted molar refractivity (Wildman–Crippen MR) is 154 cm³/mol. The molecule has 2 aromatic heterocycles. The molecule has 13 heteroatoms. The second-order valence-corrected chi connectivity index (χ2v) is 11.3. The third-order valence-corrected chi connectivity index (χ3v) is 8.42. The first-order chi connectivity index (χ1) is 19.9. The molecule has 1 saturated heterocycles. The highest BCUT2D eigenvalue weighted by molar-refractivity contribution is 7.97. The highest BCUT2D eigenvalue weighted by Crippen LogP contribution is 2.32. The molecule has 1 aliphatic rings. The smallest absolute Gasteiger partial charge is 0.350 e. The maximum absolute atomic E-state index is 14.7. The van der Waals surface area contributed by atoms with E-state index < -0.39 is 17.2 Å². The minimum atomic E-state index is -1.57. The number of halogens is 2. The molecule has 41 heavy (non-hydrogen) atoms. The lowest BCUT2D eigenvalue weighted by atomic mass is 9.90. The summed E-state index contributed by atoms with van der Waals surface area (Å²) in [5, 5.41) is 19.8. The standard InChI is InChI=1S/C28H34F2N8O2S/c1-2-3-11-38-27(39)37(21-33-38)24-7-5-23(6-8-24)34-12-14-36(15-13-34)41-16-10-28(40,18-35-20-31-19-32-35)25-9-4-22(29)17-26(25)30/h4-9,17,19-21,40H,2-3,10-16,18H2,1H3. The van der Waals surface area contributed by atoms with Crippen molar-refractivity contribution in [3.05, 3.63) is 89.1 Å². The molecule has 0 aliphatic carbocycles. The number of benzene rings is 2. The van der Waals surface area contributed by atoms with E-state index in [2.05, 4.69) is 31.3 Å². The number of aromatic nitrogens is 6. The van der Waals surface area contributed by atoms with Gasteiger partial charge in [-0.1, -0.05) is 31.4 Å². The van der Waals surface area contributed by atoms with Gasteiger partial charge in [-0.25, -0.2) is 36.8 Å². The Balaban J connectivity index is 1.15. The molecule has 218 valence electrons. The molecular formula is C28H34F2N8O2S. The van der Waals surface area contributed by atoms with Crippen molar-refractivity contribution in [1.29, 1.82) is 0 Å². The van der Waals surface area contributed by atoms with E-state index in [9.17, 15) is 18.7 Å². The normalized spacial score (nSPS) is 15.8. The van der Waals surface area contributed by atoms with Crippen molar-refractivity contribution in [2.75, 3.05) is 36.8 Å². The topological polar surface area (TPSA) is 97.2 Å². The molecule has 3 heterocycles. The van der Waals surface area contributed by atoms with Gasteiger partial charge in [-0.2, -0.15) is 10.2 Å². The van der Waals surface area contributed by atoms with Crippen molar-refractivity contribution < 1.29 is 13.9 Å². The lowest BCUT2D eigenvalue weighted by molar-refractivity contribution is 0.00860. The summed E-state index contributed by atoms with van der Waals surface area (Å²) in [6.07, 6.45) is 6.55. The third kappa shape index (κ3) is 6.85. The molecule has 0 saturated carbocycles. The fourth-order valence-electron chi connectivity index (χ4n) is 4.97. The average molecular weight is 585 g/mol. The molecule has 1 N–H and O–H groups in total. The molecule has 0 amide bonds. The highest BCUT2D eigenvalue weighted by Gasteiger charge is 2.33. The Kier molecular flexibility index (Phi) is 9.15. The Hall–Kier alpha value is -3.55. The van der Waals surface area contributed by atoms with E-state index in [0.717, 1.165) is 62.5 Å². The van der Waals surface area contributed by atoms with E-state index in [1.807, 2.05) is 24.3 Å². The van der Waals surface area contributed by atoms with Crippen LogP contribution in [0.3, 0.4) is 0 Å². The fourth-order valence-corrected chi connectivity index (χ4v) is 6.08. The summed E-state index contributed by atoms with van der Waals surface area (Å²) in [5.74, 6) is -0.937. The summed E-state index contributed by atoms with van der Waals surface area (Å²) in [4.78, 5) is 18.8. The van der Waals surface area contributed by atoms with Crippen LogP contribution in [0, 0.1) is 11.6 Å². The molecule has 0 bridgehead atoms. The van der Waals surface area contributed by atoms with Crippen LogP contribution in [0.25, 0.3) is 5.69 Å². The Morgan fingerprint density at radius 3 is 2.44 bits per heavy atom. The van der Waals surface area contributed by atoms with Crippen LogP contribution < -0.4 is 10.6 Å². The monoisotopic (exact) mass is 584 g/mol. The van der Waals surface area contributed by atoms with Crippen molar-refractivity contribution in [3.63, 3.8) is 0 Å². The average Bonchev–Trinajstić information content (AvgIpc) is 3.61. The van der Waals surface area contributed by atoms with Crippen LogP contribution in [0.15, 0.2) is 66.2 Å². The predicted octanol–water partition coefficient (Wildman–Crippen LogP) is 3.45. The van der Waals surface area contributed by atoms with E-state index in [4.69, 9.17) is 0 Å². The summed E-state index contributed by atoms with van der Waals surface area (Å²) in [6.45, 7) is 5.96. The summed E-state index contributed by atoms with van der Waals surface area (Å²) >= 11 is 1.60. The fraction of sp³-hybridized carbons (Fsp3) is 0.429. The SMILES string of the molecule is CCCCn1ncn(-c2ccc(N3CCN(SCCC(O)(Cn4cncn4)c4ccc(F)cc4F)CC3)cc2)c1=O. The molecule has 10 nitrogen and oxygen atoms in total. The van der Waals surface area contributed by atoms with E-state index in [-0.39, 0.29) is 24.2 Å². The first kappa shape index (κ1) is 29.0. The van der Waals surface area contributed by atoms with Gasteiger partial charge in [0.1, 0.15) is 36.2 Å². The van der Waals surface area contributed by atoms with Gasteiger partial charge in [0.05, 0.1) is 12.2 Å². The van der Waals surface area contributed by atoms with Crippen molar-refractivity contribution in [2.24, 2.45) is 0 Å². The van der Waals surface area contributed by atoms with Gasteiger partial charge >= 0.3 is 5.69 Å². The number of rotatable bonds is 12. The van der Waals surface area contributed by atoms with Crippen molar-refractivity contribution in [1.82, 2.24) is 33.4 Å². The van der Waals surface area contributed by atoms with Crippen LogP contribution in [-0.2, 0) is 18.7 Å². The summed E-state index contributed by atoms with van der Waals surface area (Å²) in [6, 6.07) is 11.2. The Morgan fingerprint density at radius 1 is 1.00 bits per heavy atom. The van der Waals surface area contributed by atoms with Gasteiger partial charge < -0.3 is 10.0 Å². The lowest BCUT2D eigenvalue weighted by Crippen LogP contribution is -2.43. The zero-order chi connectivity index (χ0) is 28.8. The Morgan fingerprint density at radius 2 is 1.76 bits per heavy atom. The van der Waals surface area contributed by atoms with Crippen molar-refractivity contribution in [2.45, 2.75) is 44.9 Å². The Labute approximate surface area is 241 Å². The van der Waals surface area contributed by atoms with Crippen LogP contribution >= 0.6 is 11.9 Å². The zero-order valence-electron chi connectivity index (χ0n) is 22.9. The molecule has 1 unspecified atom stereocenters. The molecule has 2 aromatic carbocycles. The van der Waals surface area contributed by atoms with Crippen LogP contribution in [0.4, 0.5) is 14.5 Å². The van der Waals surface area contributed by atoms with E-state index in [0.29, 0.717) is 12.3 Å². The maximum atomic E-state index is 14.7. The van der Waals surface area contributed by atoms with Gasteiger partial charge in [-0.15, -0.1) is 0 Å². The van der Waals surface area contributed by atoms with Crippen molar-refractivity contribution in [3.8, 4) is 5.69 Å². The number of anilines is 1. The quantitative estimate of drug-likeness (QED) is 0.253. The first-order valence-corrected chi connectivity index (χ1v) is 14.7. The van der Waals surface area contributed by atoms with Gasteiger partial charge in [0.2, 0.25) is 0 Å². The molecule has 4 aromatic rings. The molecular weight excluding hydrogens is 550 g/mol. The maximum Gasteiger partial charge on any atom is 0.350 e. The summed E-state index contributed by atoms with van der Waals surface area (Å²) < 4.78 is 34.9. The number of aliphatic hydroxyl groups is 1. The molecule has 0 radical (unpaired) electrons. The molecule has 1 fully saturated rings. The second-order valence-electron chi connectivity index (χ2n) is 10.1. The minimum Gasteiger partial charge on any atom is -0.383 e. The Bertz CT molecular complexity index is 1470. The number of piperazine rings is 1. The van der Waals surface area contributed by atoms with E-state index >= 15 is 0 Å². The molecule has 5 rings (SSSR count). The van der Waals surface area contributed by atoms with Crippen molar-refractivity contribution >= 4 is 17.6 Å². The van der Waals surface area contributed by atoms with Gasteiger partial charge in [0.25, 0.3) is 0 Å². The van der Waals surface area contributed by atoms with Crippen LogP contribution in [0.5, 0.6) is 0 Å². The number of unbranched alkanes of at least 4 members (excludes halogenated alkanes) is 1. The zero-order valence-corrected chi connectivity index (χ0v) is 23.8. The number of aryl methyl sites for hydroxylation is 1. The molecule has 1 aliphatic heterocycles. The van der Waals surface area contributed by atoms with Crippen LogP contribution in [0.1, 0.15) is 31.7 Å².